The van der Waals surface area contributed by atoms with Gasteiger partial charge in [-0.3, -0.25) is 4.79 Å². The molecule has 0 unspecified atom stereocenters. The van der Waals surface area contributed by atoms with Gasteiger partial charge in [0.25, 0.3) is 5.56 Å². The Morgan fingerprint density at radius 3 is 2.60 bits per heavy atom. The van der Waals surface area contributed by atoms with Crippen molar-refractivity contribution >= 4 is 11.6 Å². The van der Waals surface area contributed by atoms with Gasteiger partial charge in [0, 0.05) is 0 Å². The predicted octanol–water partition coefficient (Wildman–Crippen LogP) is 5.03. The Hall–Kier alpha value is -1.81. The average molecular weight is 363 g/mol. The van der Waals surface area contributed by atoms with Gasteiger partial charge in [0.1, 0.15) is 6.61 Å². The molecule has 1 heterocycles. The van der Waals surface area contributed by atoms with E-state index in [2.05, 4.69) is 36.3 Å². The zero-order valence-corrected chi connectivity index (χ0v) is 16.3. The smallest absolute Gasteiger partial charge is 0.289 e. The van der Waals surface area contributed by atoms with E-state index in [0.717, 1.165) is 18.4 Å². The van der Waals surface area contributed by atoms with E-state index in [-0.39, 0.29) is 10.6 Å². The van der Waals surface area contributed by atoms with Crippen molar-refractivity contribution in [2.45, 2.75) is 58.9 Å². The first-order valence-electron chi connectivity index (χ1n) is 8.80. The van der Waals surface area contributed by atoms with Crippen LogP contribution in [-0.2, 0) is 5.54 Å². The van der Waals surface area contributed by atoms with Crippen molar-refractivity contribution in [3.63, 3.8) is 0 Å². The predicted molar refractivity (Wildman–Crippen MR) is 103 cm³/mol. The summed E-state index contributed by atoms with van der Waals surface area (Å²) < 4.78 is 7.12. The van der Waals surface area contributed by atoms with Gasteiger partial charge in [0.05, 0.1) is 11.7 Å². The Morgan fingerprint density at radius 2 is 1.92 bits per heavy atom. The molecule has 0 saturated heterocycles. The molecule has 1 aromatic heterocycles. The molecular weight excluding hydrogens is 336 g/mol. The Morgan fingerprint density at radius 1 is 1.24 bits per heavy atom. The van der Waals surface area contributed by atoms with Crippen molar-refractivity contribution < 1.29 is 4.74 Å². The molecule has 5 heteroatoms. The Kier molecular flexibility index (Phi) is 6.65. The third-order valence-corrected chi connectivity index (χ3v) is 4.36. The Bertz CT molecular complexity index is 752. The molecule has 0 saturated carbocycles. The van der Waals surface area contributed by atoms with Crippen LogP contribution in [0.3, 0.4) is 0 Å². The lowest BCUT2D eigenvalue weighted by molar-refractivity contribution is 0.319. The number of ether oxygens (including phenoxy) is 1. The number of hydrogen-bond donors (Lipinski definition) is 0. The fourth-order valence-electron chi connectivity index (χ4n) is 2.54. The van der Waals surface area contributed by atoms with Crippen molar-refractivity contribution in [2.24, 2.45) is 0 Å². The fourth-order valence-corrected chi connectivity index (χ4v) is 2.73. The molecule has 1 aromatic rings. The van der Waals surface area contributed by atoms with Crippen molar-refractivity contribution in [3.05, 3.63) is 57.0 Å². The summed E-state index contributed by atoms with van der Waals surface area (Å²) in [5.41, 5.74) is 1.67. The highest BCUT2D eigenvalue weighted by Gasteiger charge is 2.20. The molecule has 1 aliphatic carbocycles. The fraction of sp³-hybridized carbons (Fsp3) is 0.500. The van der Waals surface area contributed by atoms with Gasteiger partial charge in [-0.15, -0.1) is 0 Å². The summed E-state index contributed by atoms with van der Waals surface area (Å²) >= 11 is 6.19. The van der Waals surface area contributed by atoms with E-state index in [1.54, 1.807) is 0 Å². The highest BCUT2D eigenvalue weighted by molar-refractivity contribution is 6.31. The second-order valence-electron chi connectivity index (χ2n) is 7.23. The minimum atomic E-state index is -0.424. The van der Waals surface area contributed by atoms with Gasteiger partial charge in [0.2, 0.25) is 0 Å². The lowest BCUT2D eigenvalue weighted by Gasteiger charge is -2.21. The maximum atomic E-state index is 12.3. The van der Waals surface area contributed by atoms with E-state index < -0.39 is 5.54 Å². The van der Waals surface area contributed by atoms with Crippen LogP contribution in [-0.4, -0.2) is 16.4 Å². The first-order valence-corrected chi connectivity index (χ1v) is 9.18. The minimum Gasteiger partial charge on any atom is -0.485 e. The molecule has 0 bridgehead atoms. The number of nitrogens with zero attached hydrogens (tertiary/aromatic N) is 2. The number of aromatic nitrogens is 2. The van der Waals surface area contributed by atoms with Crippen LogP contribution < -0.4 is 10.3 Å². The van der Waals surface area contributed by atoms with Crippen LogP contribution in [0.2, 0.25) is 5.02 Å². The Labute approximate surface area is 154 Å². The summed E-state index contributed by atoms with van der Waals surface area (Å²) in [5, 5.41) is 4.26. The minimum absolute atomic E-state index is 0.0740. The zero-order valence-electron chi connectivity index (χ0n) is 15.5. The topological polar surface area (TPSA) is 44.1 Å². The molecule has 0 aliphatic heterocycles. The van der Waals surface area contributed by atoms with Crippen LogP contribution in [0, 0.1) is 0 Å². The molecule has 0 aromatic carbocycles. The summed E-state index contributed by atoms with van der Waals surface area (Å²) in [5.74, 6) is 0.324. The van der Waals surface area contributed by atoms with Crippen LogP contribution in [0.5, 0.6) is 5.75 Å². The molecule has 1 aliphatic rings. The summed E-state index contributed by atoms with van der Waals surface area (Å²) in [6.45, 7) is 8.28. The largest absolute Gasteiger partial charge is 0.485 e. The molecule has 0 amide bonds. The molecule has 0 atom stereocenters. The number of hydrogen-bond acceptors (Lipinski definition) is 3. The van der Waals surface area contributed by atoms with Gasteiger partial charge < -0.3 is 4.74 Å². The number of rotatable bonds is 6. The lowest BCUT2D eigenvalue weighted by atomic mass is 10.1. The second-order valence-corrected chi connectivity index (χ2v) is 7.61. The van der Waals surface area contributed by atoms with Crippen molar-refractivity contribution in [1.29, 1.82) is 0 Å². The van der Waals surface area contributed by atoms with Gasteiger partial charge in [0.15, 0.2) is 10.8 Å². The number of halogens is 1. The first-order chi connectivity index (χ1) is 11.8. The molecule has 0 N–H and O–H groups in total. The van der Waals surface area contributed by atoms with Gasteiger partial charge in [-0.05, 0) is 45.6 Å². The zero-order chi connectivity index (χ0) is 18.4. The standard InChI is InChI=1S/C20H27ClN2O2/c1-5-6-8-15-9-7-10-16(12-11-15)14-25-17-13-22-23(20(2,3)4)19(24)18(17)21/h9-13H,5-8,14H2,1-4H3. The quantitative estimate of drug-likeness (QED) is 0.712. The van der Waals surface area contributed by atoms with E-state index in [1.165, 1.54) is 29.3 Å². The summed E-state index contributed by atoms with van der Waals surface area (Å²) in [7, 11) is 0. The van der Waals surface area contributed by atoms with Crippen LogP contribution in [0.4, 0.5) is 0 Å². The Balaban J connectivity index is 2.04. The third kappa shape index (κ3) is 5.33. The number of unbranched alkanes of at least 4 members (excludes halogenated alkanes) is 1. The van der Waals surface area contributed by atoms with Gasteiger partial charge >= 0.3 is 0 Å². The lowest BCUT2D eigenvalue weighted by Crippen LogP contribution is -2.36. The van der Waals surface area contributed by atoms with E-state index in [4.69, 9.17) is 16.3 Å². The first kappa shape index (κ1) is 19.5. The normalized spacial score (nSPS) is 14.8. The molecule has 4 nitrogen and oxygen atoms in total. The van der Waals surface area contributed by atoms with Crippen LogP contribution in [0.25, 0.3) is 0 Å². The highest BCUT2D eigenvalue weighted by atomic mass is 35.5. The number of allylic oxidation sites excluding steroid dienone is 4. The maximum absolute atomic E-state index is 12.3. The van der Waals surface area contributed by atoms with Crippen LogP contribution in [0.1, 0.15) is 53.4 Å². The summed E-state index contributed by atoms with van der Waals surface area (Å²) in [4.78, 5) is 12.3. The molecule has 0 fully saturated rings. The summed E-state index contributed by atoms with van der Waals surface area (Å²) in [6, 6.07) is 0. The molecular formula is C20H27ClN2O2. The van der Waals surface area contributed by atoms with Gasteiger partial charge in [-0.1, -0.05) is 54.8 Å². The maximum Gasteiger partial charge on any atom is 0.289 e. The van der Waals surface area contributed by atoms with E-state index >= 15 is 0 Å². The summed E-state index contributed by atoms with van der Waals surface area (Å²) in [6.07, 6.45) is 14.5. The molecule has 136 valence electrons. The van der Waals surface area contributed by atoms with E-state index in [9.17, 15) is 4.79 Å². The third-order valence-electron chi connectivity index (χ3n) is 4.01. The average Bonchev–Trinajstić information content (AvgIpc) is 2.78. The monoisotopic (exact) mass is 362 g/mol. The molecule has 2 rings (SSSR count). The SMILES string of the molecule is CCCCC1=CCC=C(COc2cnn(C(C)(C)C)c(=O)c2Cl)C=C1. The van der Waals surface area contributed by atoms with Gasteiger partial charge in [-0.25, -0.2) is 4.68 Å². The van der Waals surface area contributed by atoms with Crippen LogP contribution >= 0.6 is 11.6 Å². The van der Waals surface area contributed by atoms with Gasteiger partial charge in [-0.2, -0.15) is 5.10 Å². The highest BCUT2D eigenvalue weighted by Crippen LogP contribution is 2.22. The molecule has 0 radical (unpaired) electrons. The van der Waals surface area contributed by atoms with Crippen molar-refractivity contribution in [1.82, 2.24) is 9.78 Å². The molecule has 25 heavy (non-hydrogen) atoms. The van der Waals surface area contributed by atoms with Crippen molar-refractivity contribution in [3.8, 4) is 5.75 Å². The second kappa shape index (κ2) is 8.52. The van der Waals surface area contributed by atoms with Crippen molar-refractivity contribution in [2.75, 3.05) is 6.61 Å². The van der Waals surface area contributed by atoms with E-state index in [1.807, 2.05) is 20.8 Å². The molecule has 0 spiro atoms. The van der Waals surface area contributed by atoms with Crippen LogP contribution in [0.15, 0.2) is 46.4 Å². The van der Waals surface area contributed by atoms with E-state index in [0.29, 0.717) is 12.4 Å².